The molecule has 0 amide bonds. The predicted octanol–water partition coefficient (Wildman–Crippen LogP) is 3.66. The number of rotatable bonds is 7. The number of aryl methyl sites for hydroxylation is 1. The highest BCUT2D eigenvalue weighted by atomic mass is 16.1. The van der Waals surface area contributed by atoms with Crippen LogP contribution in [-0.2, 0) is 13.0 Å². The summed E-state index contributed by atoms with van der Waals surface area (Å²) >= 11 is 0. The number of hydrogen-bond donors (Lipinski definition) is 1. The van der Waals surface area contributed by atoms with Crippen LogP contribution in [0.2, 0.25) is 0 Å². The van der Waals surface area contributed by atoms with Crippen molar-refractivity contribution in [2.24, 2.45) is 11.8 Å². The molecule has 0 unspecified atom stereocenters. The van der Waals surface area contributed by atoms with E-state index in [2.05, 4.69) is 57.3 Å². The van der Waals surface area contributed by atoms with E-state index in [4.69, 9.17) is 4.98 Å². The van der Waals surface area contributed by atoms with Gasteiger partial charge in [-0.05, 0) is 37.0 Å². The van der Waals surface area contributed by atoms with Gasteiger partial charge in [-0.3, -0.25) is 9.20 Å². The summed E-state index contributed by atoms with van der Waals surface area (Å²) in [5.41, 5.74) is 5.17. The van der Waals surface area contributed by atoms with E-state index in [0.717, 1.165) is 23.5 Å². The van der Waals surface area contributed by atoms with Crippen molar-refractivity contribution in [1.82, 2.24) is 9.38 Å². The second-order valence-electron chi connectivity index (χ2n) is 8.50. The van der Waals surface area contributed by atoms with E-state index < -0.39 is 0 Å². The molecule has 0 aliphatic carbocycles. The first-order chi connectivity index (χ1) is 13.3. The zero-order chi connectivity index (χ0) is 20.3. The van der Waals surface area contributed by atoms with E-state index in [1.807, 2.05) is 25.1 Å². The molecule has 0 saturated heterocycles. The molecule has 0 fully saturated rings. The Hall–Kier alpha value is -2.46. The van der Waals surface area contributed by atoms with Crippen LogP contribution >= 0.6 is 0 Å². The van der Waals surface area contributed by atoms with Crippen molar-refractivity contribution in [2.45, 2.75) is 53.6 Å². The summed E-state index contributed by atoms with van der Waals surface area (Å²) in [4.78, 5) is 17.2. The van der Waals surface area contributed by atoms with Gasteiger partial charge in [0.05, 0.1) is 0 Å². The molecule has 0 spiro atoms. The maximum Gasteiger partial charge on any atom is 0.258 e. The first-order valence-electron chi connectivity index (χ1n) is 10.3. The lowest BCUT2D eigenvalue weighted by Gasteiger charge is -2.20. The Morgan fingerprint density at radius 3 is 2.39 bits per heavy atom. The summed E-state index contributed by atoms with van der Waals surface area (Å²) in [7, 11) is 0. The first-order valence-corrected chi connectivity index (χ1v) is 10.3. The quantitative estimate of drug-likeness (QED) is 0.682. The van der Waals surface area contributed by atoms with Crippen LogP contribution in [0, 0.1) is 18.8 Å². The number of quaternary nitrogens is 1. The van der Waals surface area contributed by atoms with Crippen molar-refractivity contribution in [3.63, 3.8) is 0 Å². The fraction of sp³-hybridized carbons (Fsp3) is 0.417. The lowest BCUT2D eigenvalue weighted by atomic mass is 9.93. The highest BCUT2D eigenvalue weighted by Gasteiger charge is 2.20. The number of nitrogens with two attached hydrogens (primary N) is 1. The number of fused-ring (bicyclic) bond motifs is 1. The zero-order valence-electron chi connectivity index (χ0n) is 17.6. The average Bonchev–Trinajstić information content (AvgIpc) is 2.62. The van der Waals surface area contributed by atoms with E-state index in [9.17, 15) is 4.79 Å². The molecule has 2 N–H and O–H groups in total. The van der Waals surface area contributed by atoms with Crippen LogP contribution in [0.1, 0.15) is 56.3 Å². The Morgan fingerprint density at radius 2 is 1.75 bits per heavy atom. The molecule has 4 nitrogen and oxygen atoms in total. The van der Waals surface area contributed by atoms with Crippen molar-refractivity contribution < 1.29 is 5.32 Å². The van der Waals surface area contributed by atoms with Crippen LogP contribution in [0.25, 0.3) is 5.65 Å². The topological polar surface area (TPSA) is 51.0 Å². The average molecular weight is 379 g/mol. The minimum atomic E-state index is -0.00867. The molecule has 0 aliphatic heterocycles. The smallest absolute Gasteiger partial charge is 0.258 e. The fourth-order valence-electron chi connectivity index (χ4n) is 3.86. The van der Waals surface area contributed by atoms with Gasteiger partial charge < -0.3 is 5.32 Å². The Morgan fingerprint density at radius 1 is 1.04 bits per heavy atom. The van der Waals surface area contributed by atoms with Gasteiger partial charge in [-0.25, -0.2) is 4.98 Å². The molecule has 1 aromatic carbocycles. The molecule has 1 atom stereocenters. The highest BCUT2D eigenvalue weighted by molar-refractivity contribution is 5.40. The monoisotopic (exact) mass is 378 g/mol. The van der Waals surface area contributed by atoms with Crippen LogP contribution in [0.15, 0.2) is 53.3 Å². The van der Waals surface area contributed by atoms with Crippen molar-refractivity contribution in [3.05, 3.63) is 81.4 Å². The maximum absolute atomic E-state index is 12.5. The van der Waals surface area contributed by atoms with Crippen LogP contribution < -0.4 is 10.9 Å². The van der Waals surface area contributed by atoms with Crippen molar-refractivity contribution in [1.29, 1.82) is 0 Å². The van der Waals surface area contributed by atoms with Crippen molar-refractivity contribution >= 4 is 5.65 Å². The number of hydrogen-bond acceptors (Lipinski definition) is 2. The third-order valence-corrected chi connectivity index (χ3v) is 5.24. The molecular weight excluding hydrogens is 346 g/mol. The summed E-state index contributed by atoms with van der Waals surface area (Å²) in [5.74, 6) is 1.15. The number of pyridine rings is 1. The molecule has 4 heteroatoms. The van der Waals surface area contributed by atoms with Gasteiger partial charge in [0.15, 0.2) is 0 Å². The molecule has 0 saturated carbocycles. The molecule has 3 rings (SSSR count). The lowest BCUT2D eigenvalue weighted by Crippen LogP contribution is -2.84. The Labute approximate surface area is 167 Å². The summed E-state index contributed by atoms with van der Waals surface area (Å²) in [6.45, 7) is 11.6. The summed E-state index contributed by atoms with van der Waals surface area (Å²) in [5, 5.41) is 2.30. The van der Waals surface area contributed by atoms with Gasteiger partial charge in [0.25, 0.3) is 5.56 Å². The predicted molar refractivity (Wildman–Crippen MR) is 114 cm³/mol. The van der Waals surface area contributed by atoms with Gasteiger partial charge >= 0.3 is 0 Å². The molecular formula is C24H32N3O+. The van der Waals surface area contributed by atoms with E-state index in [1.165, 1.54) is 11.1 Å². The normalized spacial score (nSPS) is 12.8. The molecule has 0 radical (unpaired) electrons. The molecule has 0 aliphatic rings. The molecule has 2 aromatic heterocycles. The van der Waals surface area contributed by atoms with Crippen LogP contribution in [0.5, 0.6) is 0 Å². The second-order valence-corrected chi connectivity index (χ2v) is 8.50. The van der Waals surface area contributed by atoms with Crippen molar-refractivity contribution in [3.8, 4) is 0 Å². The largest absolute Gasteiger partial charge is 0.335 e. The zero-order valence-corrected chi connectivity index (χ0v) is 17.6. The standard InChI is InChI=1S/C24H31N3O/c1-16(2)13-19-9-11-20(12-10-19)24(17(3)4)25-15-21-14-23(28)27-18(5)7-6-8-22(27)26-21/h6-12,14,16-17,24-25H,13,15H2,1-5H3/p+1/t24-/m1/s1. The van der Waals surface area contributed by atoms with Gasteiger partial charge in [0, 0.05) is 23.2 Å². The van der Waals surface area contributed by atoms with E-state index in [1.54, 1.807) is 10.5 Å². The third-order valence-electron chi connectivity index (χ3n) is 5.24. The summed E-state index contributed by atoms with van der Waals surface area (Å²) in [6, 6.07) is 16.8. The SMILES string of the molecule is Cc1cccc2nc(C[NH2+][C@@H](c3ccc(CC(C)C)cc3)C(C)C)cc(=O)n12. The van der Waals surface area contributed by atoms with Gasteiger partial charge in [0.2, 0.25) is 0 Å². The van der Waals surface area contributed by atoms with Crippen LogP contribution in [-0.4, -0.2) is 9.38 Å². The number of nitrogens with zero attached hydrogens (tertiary/aromatic N) is 2. The Kier molecular flexibility index (Phi) is 6.30. The van der Waals surface area contributed by atoms with Gasteiger partial charge in [-0.15, -0.1) is 0 Å². The Balaban J connectivity index is 1.79. The minimum absolute atomic E-state index is 0.00867. The highest BCUT2D eigenvalue weighted by Crippen LogP contribution is 2.19. The minimum Gasteiger partial charge on any atom is -0.335 e. The molecule has 3 aromatic rings. The second kappa shape index (κ2) is 8.70. The Bertz CT molecular complexity index is 987. The van der Waals surface area contributed by atoms with Crippen LogP contribution in [0.4, 0.5) is 0 Å². The maximum atomic E-state index is 12.5. The lowest BCUT2D eigenvalue weighted by molar-refractivity contribution is -0.717. The fourth-order valence-corrected chi connectivity index (χ4v) is 3.86. The third kappa shape index (κ3) is 4.68. The van der Waals surface area contributed by atoms with Gasteiger partial charge in [0.1, 0.15) is 23.9 Å². The summed E-state index contributed by atoms with van der Waals surface area (Å²) < 4.78 is 1.66. The van der Waals surface area contributed by atoms with Gasteiger partial charge in [-0.1, -0.05) is 58.0 Å². The van der Waals surface area contributed by atoms with E-state index in [0.29, 0.717) is 24.4 Å². The molecule has 28 heavy (non-hydrogen) atoms. The molecule has 148 valence electrons. The molecule has 2 heterocycles. The first kappa shape index (κ1) is 20.3. The molecule has 0 bridgehead atoms. The van der Waals surface area contributed by atoms with Crippen molar-refractivity contribution in [2.75, 3.05) is 0 Å². The number of benzene rings is 1. The van der Waals surface area contributed by atoms with Crippen LogP contribution in [0.3, 0.4) is 0 Å². The summed E-state index contributed by atoms with van der Waals surface area (Å²) in [6.07, 6.45) is 1.11. The number of aromatic nitrogens is 2. The van der Waals surface area contributed by atoms with E-state index in [-0.39, 0.29) is 5.56 Å². The van der Waals surface area contributed by atoms with E-state index >= 15 is 0 Å². The van der Waals surface area contributed by atoms with Gasteiger partial charge in [-0.2, -0.15) is 0 Å².